The fourth-order valence-electron chi connectivity index (χ4n) is 2.94. The van der Waals surface area contributed by atoms with E-state index in [1.165, 1.54) is 5.56 Å². The summed E-state index contributed by atoms with van der Waals surface area (Å²) in [6.45, 7) is 8.61. The number of rotatable bonds is 9. The summed E-state index contributed by atoms with van der Waals surface area (Å²) in [7, 11) is 0. The van der Waals surface area contributed by atoms with Gasteiger partial charge in [-0.3, -0.25) is 4.79 Å². The van der Waals surface area contributed by atoms with Gasteiger partial charge in [-0.1, -0.05) is 26.0 Å². The number of aromatic amines is 1. The Hall–Kier alpha value is -3.09. The predicted molar refractivity (Wildman–Crippen MR) is 108 cm³/mol. The van der Waals surface area contributed by atoms with Crippen molar-refractivity contribution in [2.24, 2.45) is 0 Å². The van der Waals surface area contributed by atoms with Crippen molar-refractivity contribution in [2.45, 2.75) is 40.5 Å². The molecule has 1 heterocycles. The lowest BCUT2D eigenvalue weighted by Crippen LogP contribution is -2.21. The third-order valence-electron chi connectivity index (χ3n) is 4.40. The van der Waals surface area contributed by atoms with Gasteiger partial charge in [-0.2, -0.15) is 0 Å². The molecule has 1 aromatic carbocycles. The van der Waals surface area contributed by atoms with Crippen LogP contribution in [0.3, 0.4) is 0 Å². The minimum Gasteiger partial charge on any atom is -0.482 e. The molecule has 1 N–H and O–H groups in total. The van der Waals surface area contributed by atoms with E-state index in [2.05, 4.69) is 18.8 Å². The van der Waals surface area contributed by atoms with E-state index in [4.69, 9.17) is 14.2 Å². The summed E-state index contributed by atoms with van der Waals surface area (Å²) in [4.78, 5) is 39.6. The van der Waals surface area contributed by atoms with Crippen molar-refractivity contribution in [3.63, 3.8) is 0 Å². The van der Waals surface area contributed by atoms with Gasteiger partial charge in [-0.25, -0.2) is 9.59 Å². The molecule has 0 bridgehead atoms. The lowest BCUT2D eigenvalue weighted by Gasteiger charge is -2.09. The van der Waals surface area contributed by atoms with Gasteiger partial charge < -0.3 is 19.2 Å². The number of hydrogen-bond acceptors (Lipinski definition) is 6. The minimum atomic E-state index is -0.672. The first-order valence-corrected chi connectivity index (χ1v) is 9.52. The standard InChI is InChI=1S/C22H27NO6/c1-6-27-22(26)21-15(5)23-14(4)20(21)18(24)11-29-19(25)12-28-17-9-7-16(8-10-17)13(2)3/h7-10,13,23H,6,11-12H2,1-5H3. The van der Waals surface area contributed by atoms with Crippen LogP contribution in [0.1, 0.15) is 64.4 Å². The Balaban J connectivity index is 1.93. The number of ketones is 1. The third-order valence-corrected chi connectivity index (χ3v) is 4.40. The molecule has 29 heavy (non-hydrogen) atoms. The number of carbonyl (C=O) groups is 3. The molecule has 0 aliphatic heterocycles. The number of hydrogen-bond donors (Lipinski definition) is 1. The highest BCUT2D eigenvalue weighted by atomic mass is 16.6. The van der Waals surface area contributed by atoms with Gasteiger partial charge in [0.25, 0.3) is 0 Å². The molecule has 0 aliphatic rings. The smallest absolute Gasteiger partial charge is 0.344 e. The van der Waals surface area contributed by atoms with Crippen LogP contribution in [-0.2, 0) is 14.3 Å². The molecular formula is C22H27NO6. The molecular weight excluding hydrogens is 374 g/mol. The zero-order valence-corrected chi connectivity index (χ0v) is 17.5. The highest BCUT2D eigenvalue weighted by Gasteiger charge is 2.26. The monoisotopic (exact) mass is 401 g/mol. The van der Waals surface area contributed by atoms with Crippen LogP contribution in [-0.4, -0.2) is 42.5 Å². The van der Waals surface area contributed by atoms with Crippen molar-refractivity contribution in [1.82, 2.24) is 4.98 Å². The van der Waals surface area contributed by atoms with Crippen LogP contribution < -0.4 is 4.74 Å². The fraction of sp³-hybridized carbons (Fsp3) is 0.409. The molecule has 7 heteroatoms. The Kier molecular flexibility index (Phi) is 7.59. The minimum absolute atomic E-state index is 0.173. The van der Waals surface area contributed by atoms with Gasteiger partial charge in [0.1, 0.15) is 5.75 Å². The second-order valence-electron chi connectivity index (χ2n) is 6.94. The lowest BCUT2D eigenvalue weighted by molar-refractivity contribution is -0.144. The summed E-state index contributed by atoms with van der Waals surface area (Å²) in [5.41, 5.74) is 2.57. The molecule has 2 rings (SSSR count). The Bertz CT molecular complexity index is 879. The van der Waals surface area contributed by atoms with Crippen molar-refractivity contribution in [3.8, 4) is 5.75 Å². The first kappa shape index (κ1) is 22.2. The van der Waals surface area contributed by atoms with Gasteiger partial charge in [-0.05, 0) is 44.4 Å². The number of aryl methyl sites for hydroxylation is 2. The van der Waals surface area contributed by atoms with Crippen molar-refractivity contribution >= 4 is 17.7 Å². The highest BCUT2D eigenvalue weighted by Crippen LogP contribution is 2.21. The van der Waals surface area contributed by atoms with E-state index in [1.54, 1.807) is 32.9 Å². The molecule has 0 amide bonds. The van der Waals surface area contributed by atoms with E-state index in [1.807, 2.05) is 12.1 Å². The summed E-state index contributed by atoms with van der Waals surface area (Å²) < 4.78 is 15.4. The van der Waals surface area contributed by atoms with Gasteiger partial charge >= 0.3 is 11.9 Å². The van der Waals surface area contributed by atoms with E-state index in [0.29, 0.717) is 23.1 Å². The lowest BCUT2D eigenvalue weighted by atomic mass is 10.0. The first-order chi connectivity index (χ1) is 13.7. The molecule has 1 aromatic heterocycles. The second kappa shape index (κ2) is 9.91. The molecule has 0 spiro atoms. The number of benzene rings is 1. The molecule has 0 saturated carbocycles. The number of carbonyl (C=O) groups excluding carboxylic acids is 3. The molecule has 2 aromatic rings. The number of ether oxygens (including phenoxy) is 3. The van der Waals surface area contributed by atoms with Gasteiger partial charge in [0, 0.05) is 11.4 Å². The summed E-state index contributed by atoms with van der Waals surface area (Å²) in [6, 6.07) is 7.43. The maximum atomic E-state index is 12.5. The number of H-pyrrole nitrogens is 1. The van der Waals surface area contributed by atoms with Crippen LogP contribution in [0.25, 0.3) is 0 Å². The molecule has 156 valence electrons. The molecule has 0 aliphatic carbocycles. The van der Waals surface area contributed by atoms with Crippen LogP contribution in [0.2, 0.25) is 0 Å². The van der Waals surface area contributed by atoms with Crippen molar-refractivity contribution in [1.29, 1.82) is 0 Å². The topological polar surface area (TPSA) is 94.7 Å². The van der Waals surface area contributed by atoms with E-state index >= 15 is 0 Å². The molecule has 0 unspecified atom stereocenters. The molecule has 0 atom stereocenters. The van der Waals surface area contributed by atoms with Crippen molar-refractivity contribution in [3.05, 3.63) is 52.3 Å². The first-order valence-electron chi connectivity index (χ1n) is 9.52. The van der Waals surface area contributed by atoms with Crippen LogP contribution in [0.4, 0.5) is 0 Å². The van der Waals surface area contributed by atoms with Gasteiger partial charge in [0.05, 0.1) is 17.7 Å². The number of aromatic nitrogens is 1. The second-order valence-corrected chi connectivity index (χ2v) is 6.94. The zero-order chi connectivity index (χ0) is 21.6. The summed E-state index contributed by atoms with van der Waals surface area (Å²) >= 11 is 0. The average molecular weight is 401 g/mol. The maximum absolute atomic E-state index is 12.5. The van der Waals surface area contributed by atoms with Crippen molar-refractivity contribution < 1.29 is 28.6 Å². The largest absolute Gasteiger partial charge is 0.482 e. The van der Waals surface area contributed by atoms with E-state index < -0.39 is 24.3 Å². The maximum Gasteiger partial charge on any atom is 0.344 e. The Morgan fingerprint density at radius 2 is 1.55 bits per heavy atom. The highest BCUT2D eigenvalue weighted by molar-refractivity contribution is 6.09. The van der Waals surface area contributed by atoms with Crippen molar-refractivity contribution in [2.75, 3.05) is 19.8 Å². The Morgan fingerprint density at radius 3 is 2.14 bits per heavy atom. The molecule has 0 fully saturated rings. The van der Waals surface area contributed by atoms with Gasteiger partial charge in [0.2, 0.25) is 5.78 Å². The normalized spacial score (nSPS) is 10.7. The molecule has 0 radical (unpaired) electrons. The fourth-order valence-corrected chi connectivity index (χ4v) is 2.94. The molecule has 0 saturated heterocycles. The van der Waals surface area contributed by atoms with Crippen LogP contribution in [0.15, 0.2) is 24.3 Å². The Morgan fingerprint density at radius 1 is 0.931 bits per heavy atom. The third kappa shape index (κ3) is 5.70. The number of Topliss-reactive ketones (excluding diaryl/α,β-unsaturated/α-hetero) is 1. The average Bonchev–Trinajstić information content (AvgIpc) is 2.98. The summed E-state index contributed by atoms with van der Waals surface area (Å²) in [5.74, 6) is -0.796. The molecule has 7 nitrogen and oxygen atoms in total. The van der Waals surface area contributed by atoms with Crippen LogP contribution in [0.5, 0.6) is 5.75 Å². The quantitative estimate of drug-likeness (QED) is 0.508. The van der Waals surface area contributed by atoms with Crippen LogP contribution >= 0.6 is 0 Å². The Labute approximate surface area is 170 Å². The summed E-state index contributed by atoms with van der Waals surface area (Å²) in [6.07, 6.45) is 0. The summed E-state index contributed by atoms with van der Waals surface area (Å²) in [5, 5.41) is 0. The number of esters is 2. The van der Waals surface area contributed by atoms with Gasteiger partial charge in [0.15, 0.2) is 13.2 Å². The zero-order valence-electron chi connectivity index (χ0n) is 17.5. The van der Waals surface area contributed by atoms with Crippen LogP contribution in [0, 0.1) is 13.8 Å². The predicted octanol–water partition coefficient (Wildman–Crippen LogP) is 3.74. The SMILES string of the molecule is CCOC(=O)c1c(C)[nH]c(C)c1C(=O)COC(=O)COc1ccc(C(C)C)cc1. The van der Waals surface area contributed by atoms with E-state index in [0.717, 1.165) is 0 Å². The van der Waals surface area contributed by atoms with Gasteiger partial charge in [-0.15, -0.1) is 0 Å². The van der Waals surface area contributed by atoms with E-state index in [9.17, 15) is 14.4 Å². The number of nitrogens with one attached hydrogen (secondary N) is 1. The van der Waals surface area contributed by atoms with E-state index in [-0.39, 0.29) is 24.3 Å².